The molecule has 1 aromatic rings. The first-order valence-corrected chi connectivity index (χ1v) is 9.38. The van der Waals surface area contributed by atoms with E-state index in [1.165, 1.54) is 30.4 Å². The molecule has 0 unspecified atom stereocenters. The average Bonchev–Trinajstić information content (AvgIpc) is 3.51. The predicted octanol–water partition coefficient (Wildman–Crippen LogP) is 6.09. The van der Waals surface area contributed by atoms with Gasteiger partial charge in [0.1, 0.15) is 0 Å². The standard InChI is InChI=1S/C18H18O.C3H8.C2H6.CH4O/c1-5-12(2)18(19)14(4)11-16-8-9-17(10-13(16)3)15-6-7-15;1-3-2;2*1-2/h1,8-11,15H,2,6-7H2,3-4H3;3H2,1-2H3;1-2H3;2H,1H3/b14-11+;;;. The Bertz CT molecular complexity index is 626. The summed E-state index contributed by atoms with van der Waals surface area (Å²) < 4.78 is 0. The minimum absolute atomic E-state index is 0.159. The van der Waals surface area contributed by atoms with Gasteiger partial charge in [0.25, 0.3) is 0 Å². The lowest BCUT2D eigenvalue weighted by Crippen LogP contribution is -2.01. The van der Waals surface area contributed by atoms with Crippen LogP contribution in [0.25, 0.3) is 6.08 Å². The summed E-state index contributed by atoms with van der Waals surface area (Å²) in [7, 11) is 1.00. The molecule has 1 aromatic carbocycles. The molecule has 0 saturated heterocycles. The number of hydrogen-bond acceptors (Lipinski definition) is 2. The number of carbonyl (C=O) groups excluding carboxylic acids is 1. The van der Waals surface area contributed by atoms with E-state index in [0.717, 1.165) is 18.6 Å². The molecular formula is C24H36O2. The smallest absolute Gasteiger partial charge is 0.196 e. The van der Waals surface area contributed by atoms with Gasteiger partial charge in [0.15, 0.2) is 5.78 Å². The van der Waals surface area contributed by atoms with Crippen LogP contribution < -0.4 is 0 Å². The summed E-state index contributed by atoms with van der Waals surface area (Å²) in [6, 6.07) is 6.46. The van der Waals surface area contributed by atoms with Crippen molar-refractivity contribution in [1.82, 2.24) is 0 Å². The van der Waals surface area contributed by atoms with Gasteiger partial charge in [0, 0.05) is 7.11 Å². The highest BCUT2D eigenvalue weighted by molar-refractivity contribution is 6.12. The summed E-state index contributed by atoms with van der Waals surface area (Å²) in [5.41, 5.74) is 4.51. The van der Waals surface area contributed by atoms with Crippen molar-refractivity contribution < 1.29 is 9.90 Å². The maximum absolute atomic E-state index is 11.9. The third kappa shape index (κ3) is 9.39. The zero-order valence-corrected chi connectivity index (χ0v) is 17.6. The molecule has 144 valence electrons. The molecule has 1 saturated carbocycles. The largest absolute Gasteiger partial charge is 0.400 e. The molecule has 0 atom stereocenters. The van der Waals surface area contributed by atoms with Crippen molar-refractivity contribution in [2.45, 2.75) is 66.7 Å². The van der Waals surface area contributed by atoms with E-state index in [-0.39, 0.29) is 11.4 Å². The SMILES string of the molecule is C#CC(=C)C(=O)/C(C)=C/c1ccc(C2CC2)cc1C.CC.CCC.CO. The Morgan fingerprint density at radius 1 is 1.31 bits per heavy atom. The number of aliphatic hydroxyl groups excluding tert-OH is 1. The number of ketones is 1. The first-order valence-electron chi connectivity index (χ1n) is 9.38. The topological polar surface area (TPSA) is 37.3 Å². The number of carbonyl (C=O) groups is 1. The normalized spacial score (nSPS) is 12.0. The Labute approximate surface area is 161 Å². The molecule has 1 fully saturated rings. The minimum Gasteiger partial charge on any atom is -0.400 e. The van der Waals surface area contributed by atoms with E-state index in [1.54, 1.807) is 6.92 Å². The monoisotopic (exact) mass is 356 g/mol. The average molecular weight is 357 g/mol. The summed E-state index contributed by atoms with van der Waals surface area (Å²) in [5, 5.41) is 7.00. The van der Waals surface area contributed by atoms with Crippen molar-refractivity contribution in [2.24, 2.45) is 0 Å². The summed E-state index contributed by atoms with van der Waals surface area (Å²) in [6.07, 6.45) is 10.9. The predicted molar refractivity (Wildman–Crippen MR) is 115 cm³/mol. The highest BCUT2D eigenvalue weighted by Crippen LogP contribution is 2.40. The Hall–Kier alpha value is -2.11. The van der Waals surface area contributed by atoms with Gasteiger partial charge in [0.05, 0.1) is 5.57 Å². The fourth-order valence-corrected chi connectivity index (χ4v) is 2.13. The molecule has 0 aliphatic heterocycles. The van der Waals surface area contributed by atoms with E-state index in [9.17, 15) is 4.79 Å². The lowest BCUT2D eigenvalue weighted by molar-refractivity contribution is -0.111. The van der Waals surface area contributed by atoms with Gasteiger partial charge < -0.3 is 5.11 Å². The number of allylic oxidation sites excluding steroid dienone is 2. The molecule has 2 rings (SSSR count). The Morgan fingerprint density at radius 2 is 1.81 bits per heavy atom. The molecule has 0 bridgehead atoms. The molecule has 0 radical (unpaired) electrons. The van der Waals surface area contributed by atoms with Gasteiger partial charge in [0.2, 0.25) is 0 Å². The number of rotatable bonds is 4. The minimum atomic E-state index is -0.159. The molecule has 0 heterocycles. The quantitative estimate of drug-likeness (QED) is 0.524. The van der Waals surface area contributed by atoms with Crippen LogP contribution in [0.1, 0.15) is 76.5 Å². The second kappa shape index (κ2) is 15.2. The number of terminal acetylenes is 1. The highest BCUT2D eigenvalue weighted by atomic mass is 16.2. The van der Waals surface area contributed by atoms with Crippen molar-refractivity contribution in [3.8, 4) is 12.3 Å². The molecular weight excluding hydrogens is 320 g/mol. The molecule has 2 heteroatoms. The van der Waals surface area contributed by atoms with Crippen LogP contribution in [-0.2, 0) is 4.79 Å². The van der Waals surface area contributed by atoms with Gasteiger partial charge in [-0.05, 0) is 60.9 Å². The molecule has 26 heavy (non-hydrogen) atoms. The van der Waals surface area contributed by atoms with Gasteiger partial charge in [-0.15, -0.1) is 6.42 Å². The maximum atomic E-state index is 11.9. The molecule has 1 N–H and O–H groups in total. The summed E-state index contributed by atoms with van der Waals surface area (Å²) >= 11 is 0. The van der Waals surface area contributed by atoms with Crippen molar-refractivity contribution >= 4 is 11.9 Å². The fourth-order valence-electron chi connectivity index (χ4n) is 2.13. The number of Topliss-reactive ketones (excluding diaryl/α,β-unsaturated/α-hetero) is 1. The first-order chi connectivity index (χ1) is 12.4. The maximum Gasteiger partial charge on any atom is 0.196 e. The van der Waals surface area contributed by atoms with Crippen LogP contribution >= 0.6 is 0 Å². The Balaban J connectivity index is 0. The highest BCUT2D eigenvalue weighted by Gasteiger charge is 2.23. The van der Waals surface area contributed by atoms with Gasteiger partial charge in [-0.3, -0.25) is 4.79 Å². The second-order valence-electron chi connectivity index (χ2n) is 5.88. The van der Waals surface area contributed by atoms with Crippen LogP contribution in [-0.4, -0.2) is 18.0 Å². The van der Waals surface area contributed by atoms with E-state index >= 15 is 0 Å². The van der Waals surface area contributed by atoms with Gasteiger partial charge in [-0.1, -0.05) is 64.8 Å². The van der Waals surface area contributed by atoms with Crippen LogP contribution in [0.15, 0.2) is 35.9 Å². The first kappa shape index (κ1) is 26.1. The number of benzene rings is 1. The van der Waals surface area contributed by atoms with E-state index in [1.807, 2.05) is 19.9 Å². The lowest BCUT2D eigenvalue weighted by Gasteiger charge is -2.06. The number of hydrogen-bond donors (Lipinski definition) is 1. The van der Waals surface area contributed by atoms with Crippen molar-refractivity contribution in [1.29, 1.82) is 0 Å². The van der Waals surface area contributed by atoms with E-state index < -0.39 is 0 Å². The van der Waals surface area contributed by atoms with Crippen LogP contribution in [0, 0.1) is 19.3 Å². The summed E-state index contributed by atoms with van der Waals surface area (Å²) in [5.74, 6) is 2.89. The third-order valence-electron chi connectivity index (χ3n) is 3.52. The zero-order chi connectivity index (χ0) is 20.7. The van der Waals surface area contributed by atoms with Crippen LogP contribution in [0.5, 0.6) is 0 Å². The van der Waals surface area contributed by atoms with E-state index in [4.69, 9.17) is 11.5 Å². The summed E-state index contributed by atoms with van der Waals surface area (Å²) in [6.45, 7) is 15.7. The number of aryl methyl sites for hydroxylation is 1. The van der Waals surface area contributed by atoms with Crippen molar-refractivity contribution in [2.75, 3.05) is 7.11 Å². The van der Waals surface area contributed by atoms with Crippen LogP contribution in [0.4, 0.5) is 0 Å². The molecule has 0 amide bonds. The van der Waals surface area contributed by atoms with Crippen LogP contribution in [0.2, 0.25) is 0 Å². The second-order valence-corrected chi connectivity index (χ2v) is 5.88. The van der Waals surface area contributed by atoms with Gasteiger partial charge >= 0.3 is 0 Å². The van der Waals surface area contributed by atoms with E-state index in [0.29, 0.717) is 5.57 Å². The fraction of sp³-hybridized carbons (Fsp3) is 0.458. The molecule has 0 aromatic heterocycles. The van der Waals surface area contributed by atoms with Gasteiger partial charge in [-0.25, -0.2) is 0 Å². The van der Waals surface area contributed by atoms with Crippen LogP contribution in [0.3, 0.4) is 0 Å². The number of aliphatic hydroxyl groups is 1. The Kier molecular flexibility index (Phi) is 15.2. The lowest BCUT2D eigenvalue weighted by atomic mass is 9.98. The van der Waals surface area contributed by atoms with Crippen molar-refractivity contribution in [3.63, 3.8) is 0 Å². The Morgan fingerprint density at radius 3 is 2.19 bits per heavy atom. The molecule has 2 nitrogen and oxygen atoms in total. The third-order valence-corrected chi connectivity index (χ3v) is 3.52. The molecule has 1 aliphatic carbocycles. The van der Waals surface area contributed by atoms with Gasteiger partial charge in [-0.2, -0.15) is 0 Å². The molecule has 0 spiro atoms. The van der Waals surface area contributed by atoms with E-state index in [2.05, 4.69) is 51.5 Å². The van der Waals surface area contributed by atoms with Crippen molar-refractivity contribution in [3.05, 3.63) is 52.6 Å². The zero-order valence-electron chi connectivity index (χ0n) is 17.6. The summed E-state index contributed by atoms with van der Waals surface area (Å²) in [4.78, 5) is 11.9. The molecule has 1 aliphatic rings.